The molecule has 3 N–H and O–H groups in total. The molecule has 2 atom stereocenters. The van der Waals surface area contributed by atoms with E-state index in [0.29, 0.717) is 12.3 Å². The zero-order valence-electron chi connectivity index (χ0n) is 11.7. The van der Waals surface area contributed by atoms with Gasteiger partial charge >= 0.3 is 0 Å². The van der Waals surface area contributed by atoms with Gasteiger partial charge in [-0.3, -0.25) is 4.79 Å². The largest absolute Gasteiger partial charge is 0.355 e. The minimum absolute atomic E-state index is 0. The smallest absolute Gasteiger partial charge is 0.220 e. The Kier molecular flexibility index (Phi) is 8.31. The number of carbonyl (C=O) groups is 1. The van der Waals surface area contributed by atoms with Gasteiger partial charge in [-0.25, -0.2) is 0 Å². The zero-order valence-corrected chi connectivity index (χ0v) is 13.3. The van der Waals surface area contributed by atoms with Crippen molar-refractivity contribution in [3.05, 3.63) is 0 Å². The molecule has 0 aromatic rings. The van der Waals surface area contributed by atoms with Gasteiger partial charge in [-0.15, -0.1) is 12.4 Å². The Balaban J connectivity index is 0.00000289. The summed E-state index contributed by atoms with van der Waals surface area (Å²) in [5.74, 6) is 1.55. The molecule has 0 heterocycles. The van der Waals surface area contributed by atoms with E-state index < -0.39 is 0 Å². The standard InChI is InChI=1S/C13H26N2OS.ClH/c1-13(2,3)17-8-7-15-12(16)9-10-5-4-6-11(10)14;/h10-11H,4-9,14H2,1-3H3,(H,15,16);1H/t10-,11+;/m0./s1. The topological polar surface area (TPSA) is 55.1 Å². The van der Waals surface area contributed by atoms with Gasteiger partial charge in [0.1, 0.15) is 0 Å². The Labute approximate surface area is 121 Å². The first kappa shape index (κ1) is 18.1. The summed E-state index contributed by atoms with van der Waals surface area (Å²) in [4.78, 5) is 11.7. The van der Waals surface area contributed by atoms with Crippen molar-refractivity contribution in [3.8, 4) is 0 Å². The second-order valence-electron chi connectivity index (χ2n) is 5.87. The first-order chi connectivity index (χ1) is 7.88. The van der Waals surface area contributed by atoms with Crippen LogP contribution >= 0.6 is 24.2 Å². The summed E-state index contributed by atoms with van der Waals surface area (Å²) in [5, 5.41) is 2.99. The van der Waals surface area contributed by atoms with Crippen LogP contribution in [0, 0.1) is 5.92 Å². The maximum Gasteiger partial charge on any atom is 0.220 e. The minimum Gasteiger partial charge on any atom is -0.355 e. The molecule has 5 heteroatoms. The van der Waals surface area contributed by atoms with Crippen molar-refractivity contribution < 1.29 is 4.79 Å². The fourth-order valence-corrected chi connectivity index (χ4v) is 2.99. The Morgan fingerprint density at radius 1 is 1.39 bits per heavy atom. The molecule has 108 valence electrons. The Bertz CT molecular complexity index is 256. The molecule has 0 unspecified atom stereocenters. The van der Waals surface area contributed by atoms with Crippen LogP contribution in [0.2, 0.25) is 0 Å². The van der Waals surface area contributed by atoms with Gasteiger partial charge in [-0.05, 0) is 18.8 Å². The molecule has 1 rings (SSSR count). The van der Waals surface area contributed by atoms with Crippen molar-refractivity contribution >= 4 is 30.1 Å². The molecule has 1 saturated carbocycles. The van der Waals surface area contributed by atoms with E-state index >= 15 is 0 Å². The molecule has 0 bridgehead atoms. The third-order valence-corrected chi connectivity index (χ3v) is 4.40. The van der Waals surface area contributed by atoms with E-state index in [2.05, 4.69) is 26.1 Å². The molecule has 3 nitrogen and oxygen atoms in total. The van der Waals surface area contributed by atoms with Gasteiger partial charge in [0.25, 0.3) is 0 Å². The summed E-state index contributed by atoms with van der Waals surface area (Å²) in [6, 6.07) is 0.240. The third kappa shape index (κ3) is 7.49. The Morgan fingerprint density at radius 3 is 2.56 bits per heavy atom. The maximum absolute atomic E-state index is 11.7. The second-order valence-corrected chi connectivity index (χ2v) is 7.79. The Morgan fingerprint density at radius 2 is 2.06 bits per heavy atom. The first-order valence-corrected chi connectivity index (χ1v) is 7.53. The highest BCUT2D eigenvalue weighted by atomic mass is 35.5. The van der Waals surface area contributed by atoms with Crippen LogP contribution in [0.3, 0.4) is 0 Å². The van der Waals surface area contributed by atoms with Crippen LogP contribution in [0.5, 0.6) is 0 Å². The molecular weight excluding hydrogens is 268 g/mol. The van der Waals surface area contributed by atoms with Gasteiger partial charge in [0.15, 0.2) is 0 Å². The molecule has 1 aliphatic rings. The number of carbonyl (C=O) groups excluding carboxylic acids is 1. The average molecular weight is 295 g/mol. The van der Waals surface area contributed by atoms with Crippen LogP contribution in [0.15, 0.2) is 0 Å². The van der Waals surface area contributed by atoms with E-state index in [0.717, 1.165) is 25.1 Å². The average Bonchev–Trinajstić information content (AvgIpc) is 2.58. The van der Waals surface area contributed by atoms with Crippen LogP contribution in [-0.4, -0.2) is 29.0 Å². The normalized spacial score (nSPS) is 23.6. The first-order valence-electron chi connectivity index (χ1n) is 6.55. The van der Waals surface area contributed by atoms with Gasteiger partial charge in [-0.1, -0.05) is 27.2 Å². The molecule has 0 radical (unpaired) electrons. The molecule has 0 aromatic carbocycles. The quantitative estimate of drug-likeness (QED) is 0.766. The number of thioether (sulfide) groups is 1. The summed E-state index contributed by atoms with van der Waals surface area (Å²) < 4.78 is 0.276. The molecule has 1 fully saturated rings. The number of nitrogens with two attached hydrogens (primary N) is 1. The highest BCUT2D eigenvalue weighted by Gasteiger charge is 2.25. The molecule has 0 aromatic heterocycles. The van der Waals surface area contributed by atoms with Crippen LogP contribution in [0.25, 0.3) is 0 Å². The highest BCUT2D eigenvalue weighted by Crippen LogP contribution is 2.26. The number of hydrogen-bond acceptors (Lipinski definition) is 3. The van der Waals surface area contributed by atoms with E-state index in [4.69, 9.17) is 5.73 Å². The monoisotopic (exact) mass is 294 g/mol. The fraction of sp³-hybridized carbons (Fsp3) is 0.923. The maximum atomic E-state index is 11.7. The van der Waals surface area contributed by atoms with Crippen LogP contribution in [0.4, 0.5) is 0 Å². The van der Waals surface area contributed by atoms with Gasteiger partial charge < -0.3 is 11.1 Å². The predicted octanol–water partition coefficient (Wildman–Crippen LogP) is 2.57. The number of nitrogens with one attached hydrogen (secondary N) is 1. The molecule has 0 aliphatic heterocycles. The van der Waals surface area contributed by atoms with Crippen LogP contribution < -0.4 is 11.1 Å². The summed E-state index contributed by atoms with van der Waals surface area (Å²) in [6.07, 6.45) is 3.99. The molecule has 18 heavy (non-hydrogen) atoms. The van der Waals surface area contributed by atoms with Crippen LogP contribution in [0.1, 0.15) is 46.5 Å². The van der Waals surface area contributed by atoms with Gasteiger partial charge in [0, 0.05) is 29.5 Å². The summed E-state index contributed by atoms with van der Waals surface area (Å²) in [5.41, 5.74) is 5.96. The van der Waals surface area contributed by atoms with E-state index in [9.17, 15) is 4.79 Å². The van der Waals surface area contributed by atoms with E-state index in [1.54, 1.807) is 0 Å². The lowest BCUT2D eigenvalue weighted by molar-refractivity contribution is -0.121. The predicted molar refractivity (Wildman–Crippen MR) is 82.4 cm³/mol. The minimum atomic E-state index is 0. The lowest BCUT2D eigenvalue weighted by Gasteiger charge is -2.18. The van der Waals surface area contributed by atoms with Crippen molar-refractivity contribution in [2.75, 3.05) is 12.3 Å². The number of halogens is 1. The second kappa shape index (κ2) is 8.28. The third-order valence-electron chi connectivity index (χ3n) is 3.12. The van der Waals surface area contributed by atoms with Gasteiger partial charge in [-0.2, -0.15) is 11.8 Å². The molecular formula is C13H27ClN2OS. The summed E-state index contributed by atoms with van der Waals surface area (Å²) >= 11 is 1.88. The molecule has 0 spiro atoms. The summed E-state index contributed by atoms with van der Waals surface area (Å²) in [7, 11) is 0. The van der Waals surface area contributed by atoms with Crippen molar-refractivity contribution in [2.24, 2.45) is 11.7 Å². The lowest BCUT2D eigenvalue weighted by Crippen LogP contribution is -2.32. The molecule has 1 amide bonds. The van der Waals surface area contributed by atoms with Gasteiger partial charge in [0.2, 0.25) is 5.91 Å². The highest BCUT2D eigenvalue weighted by molar-refractivity contribution is 8.00. The number of rotatable bonds is 5. The van der Waals surface area contributed by atoms with Crippen molar-refractivity contribution in [2.45, 2.75) is 57.2 Å². The van der Waals surface area contributed by atoms with E-state index in [1.807, 2.05) is 11.8 Å². The number of amides is 1. The summed E-state index contributed by atoms with van der Waals surface area (Å²) in [6.45, 7) is 7.34. The van der Waals surface area contributed by atoms with Gasteiger partial charge in [0.05, 0.1) is 0 Å². The van der Waals surface area contributed by atoms with Crippen molar-refractivity contribution in [1.29, 1.82) is 0 Å². The van der Waals surface area contributed by atoms with Crippen molar-refractivity contribution in [1.82, 2.24) is 5.32 Å². The number of hydrogen-bond donors (Lipinski definition) is 2. The zero-order chi connectivity index (χ0) is 12.9. The van der Waals surface area contributed by atoms with E-state index in [1.165, 1.54) is 6.42 Å². The fourth-order valence-electron chi connectivity index (χ4n) is 2.18. The van der Waals surface area contributed by atoms with E-state index in [-0.39, 0.29) is 29.1 Å². The lowest BCUT2D eigenvalue weighted by atomic mass is 10.00. The SMILES string of the molecule is CC(C)(C)SCCNC(=O)C[C@@H]1CCC[C@H]1N.Cl. The molecule has 1 aliphatic carbocycles. The Hall–Kier alpha value is 0.0700. The van der Waals surface area contributed by atoms with Crippen LogP contribution in [-0.2, 0) is 4.79 Å². The molecule has 0 saturated heterocycles. The van der Waals surface area contributed by atoms with Crippen molar-refractivity contribution in [3.63, 3.8) is 0 Å².